The van der Waals surface area contributed by atoms with Gasteiger partial charge in [-0.25, -0.2) is 4.98 Å². The highest BCUT2D eigenvalue weighted by Crippen LogP contribution is 2.20. The van der Waals surface area contributed by atoms with Gasteiger partial charge in [-0.15, -0.1) is 0 Å². The highest BCUT2D eigenvalue weighted by Gasteiger charge is 2.23. The predicted octanol–water partition coefficient (Wildman–Crippen LogP) is 3.89. The molecule has 0 saturated carbocycles. The van der Waals surface area contributed by atoms with Gasteiger partial charge in [-0.3, -0.25) is 4.79 Å². The molecule has 1 aliphatic heterocycles. The molecule has 25 heavy (non-hydrogen) atoms. The number of hydrogen-bond acceptors (Lipinski definition) is 4. The van der Waals surface area contributed by atoms with Gasteiger partial charge >= 0.3 is 0 Å². The lowest BCUT2D eigenvalue weighted by Gasteiger charge is -2.33. The summed E-state index contributed by atoms with van der Waals surface area (Å²) in [6.45, 7) is 5.88. The van der Waals surface area contributed by atoms with E-state index >= 15 is 0 Å². The topological polar surface area (TPSA) is 45.2 Å². The fourth-order valence-corrected chi connectivity index (χ4v) is 3.81. The van der Waals surface area contributed by atoms with E-state index in [0.717, 1.165) is 36.6 Å². The number of benzene rings is 1. The summed E-state index contributed by atoms with van der Waals surface area (Å²) in [6, 6.07) is 12.6. The Labute approximate surface area is 154 Å². The Morgan fingerprint density at radius 2 is 2.16 bits per heavy atom. The van der Waals surface area contributed by atoms with Gasteiger partial charge in [-0.05, 0) is 62.1 Å². The maximum absolute atomic E-state index is 12.5. The van der Waals surface area contributed by atoms with E-state index in [9.17, 15) is 4.79 Å². The second-order valence-corrected chi connectivity index (χ2v) is 7.57. The molecule has 1 N–H and O–H groups in total. The lowest BCUT2D eigenvalue weighted by molar-refractivity contribution is -0.129. The smallest absolute Gasteiger partial charge is 0.233 e. The minimum Gasteiger partial charge on any atom is -0.381 e. The van der Waals surface area contributed by atoms with Crippen molar-refractivity contribution in [3.8, 4) is 0 Å². The number of aromatic nitrogens is 1. The third-order valence-electron chi connectivity index (χ3n) is 4.63. The van der Waals surface area contributed by atoms with Gasteiger partial charge in [-0.2, -0.15) is 0 Å². The van der Waals surface area contributed by atoms with Crippen LogP contribution in [0.2, 0.25) is 0 Å². The normalized spacial score (nSPS) is 17.4. The van der Waals surface area contributed by atoms with Crippen LogP contribution in [0.25, 0.3) is 0 Å². The number of nitrogens with one attached hydrogen (secondary N) is 1. The number of amides is 1. The first-order valence-corrected chi connectivity index (χ1v) is 9.76. The first-order valence-electron chi connectivity index (χ1n) is 8.77. The number of thioether (sulfide) groups is 1. The van der Waals surface area contributed by atoms with Crippen molar-refractivity contribution in [2.45, 2.75) is 37.8 Å². The van der Waals surface area contributed by atoms with Crippen LogP contribution in [0.5, 0.6) is 0 Å². The average Bonchev–Trinajstić information content (AvgIpc) is 2.64. The highest BCUT2D eigenvalue weighted by atomic mass is 32.2. The van der Waals surface area contributed by atoms with Crippen LogP contribution in [0.1, 0.15) is 24.0 Å². The number of likely N-dealkylation sites (tertiary alicyclic amines) is 1. The van der Waals surface area contributed by atoms with E-state index in [-0.39, 0.29) is 5.91 Å². The Kier molecular flexibility index (Phi) is 5.97. The average molecular weight is 356 g/mol. The van der Waals surface area contributed by atoms with E-state index in [2.05, 4.69) is 42.3 Å². The zero-order valence-electron chi connectivity index (χ0n) is 14.9. The summed E-state index contributed by atoms with van der Waals surface area (Å²) >= 11 is 1.51. The van der Waals surface area contributed by atoms with Crippen molar-refractivity contribution in [1.29, 1.82) is 0 Å². The Morgan fingerprint density at radius 3 is 2.92 bits per heavy atom. The summed E-state index contributed by atoms with van der Waals surface area (Å²) in [5, 5.41) is 4.50. The molecule has 3 rings (SSSR count). The molecule has 1 amide bonds. The summed E-state index contributed by atoms with van der Waals surface area (Å²) in [6.07, 6.45) is 3.91. The number of carbonyl (C=O) groups excluding carboxylic acids is 1. The van der Waals surface area contributed by atoms with Crippen molar-refractivity contribution in [3.63, 3.8) is 0 Å². The number of pyridine rings is 1. The molecule has 1 aromatic heterocycles. The molecule has 1 atom stereocenters. The molecule has 0 spiro atoms. The molecule has 0 unspecified atom stereocenters. The Morgan fingerprint density at radius 1 is 1.28 bits per heavy atom. The van der Waals surface area contributed by atoms with Gasteiger partial charge < -0.3 is 10.2 Å². The molecule has 4 nitrogen and oxygen atoms in total. The van der Waals surface area contributed by atoms with Crippen LogP contribution in [0.15, 0.2) is 47.6 Å². The van der Waals surface area contributed by atoms with Crippen LogP contribution < -0.4 is 5.32 Å². The third-order valence-corrected chi connectivity index (χ3v) is 5.56. The summed E-state index contributed by atoms with van der Waals surface area (Å²) in [5.41, 5.74) is 3.74. The van der Waals surface area contributed by atoms with Gasteiger partial charge in [-0.1, -0.05) is 23.9 Å². The van der Waals surface area contributed by atoms with E-state index in [0.29, 0.717) is 11.8 Å². The largest absolute Gasteiger partial charge is 0.381 e. The van der Waals surface area contributed by atoms with Crippen molar-refractivity contribution in [3.05, 3.63) is 53.7 Å². The second-order valence-electron chi connectivity index (χ2n) is 6.58. The van der Waals surface area contributed by atoms with Crippen molar-refractivity contribution < 1.29 is 4.79 Å². The third kappa shape index (κ3) is 4.98. The first kappa shape index (κ1) is 17.8. The van der Waals surface area contributed by atoms with Crippen LogP contribution in [0.4, 0.5) is 5.69 Å². The number of aryl methyl sites for hydroxylation is 2. The molecule has 5 heteroatoms. The summed E-state index contributed by atoms with van der Waals surface area (Å²) in [7, 11) is 0. The van der Waals surface area contributed by atoms with Gasteiger partial charge in [0.25, 0.3) is 0 Å². The van der Waals surface area contributed by atoms with Crippen LogP contribution >= 0.6 is 11.8 Å². The maximum atomic E-state index is 12.5. The van der Waals surface area contributed by atoms with Crippen LogP contribution in [0, 0.1) is 13.8 Å². The molecular formula is C20H25N3OS. The fraction of sp³-hybridized carbons (Fsp3) is 0.400. The van der Waals surface area contributed by atoms with Crippen molar-refractivity contribution >= 4 is 23.4 Å². The van der Waals surface area contributed by atoms with Crippen LogP contribution in [0.3, 0.4) is 0 Å². The van der Waals surface area contributed by atoms with E-state index in [1.807, 2.05) is 23.1 Å². The molecular weight excluding hydrogens is 330 g/mol. The molecule has 0 aliphatic carbocycles. The Balaban J connectivity index is 1.53. The maximum Gasteiger partial charge on any atom is 0.233 e. The standard InChI is InChI=1S/C20H25N3OS/c1-15-8-9-17(12-16(15)2)22-18-6-5-11-23(13-18)20(24)14-25-19-7-3-4-10-21-19/h3-4,7-10,12,18,22H,5-6,11,13-14H2,1-2H3/t18-/m1/s1. The number of carbonyl (C=O) groups is 1. The molecule has 2 heterocycles. The second kappa shape index (κ2) is 8.39. The van der Waals surface area contributed by atoms with Gasteiger partial charge in [0.2, 0.25) is 5.91 Å². The zero-order valence-corrected chi connectivity index (χ0v) is 15.7. The SMILES string of the molecule is Cc1ccc(N[C@@H]2CCCN(C(=O)CSc3ccccn3)C2)cc1C. The van der Waals surface area contributed by atoms with Crippen molar-refractivity contribution in [1.82, 2.24) is 9.88 Å². The zero-order chi connectivity index (χ0) is 17.6. The van der Waals surface area contributed by atoms with Gasteiger partial charge in [0.15, 0.2) is 0 Å². The molecule has 1 aromatic carbocycles. The molecule has 0 radical (unpaired) electrons. The van der Waals surface area contributed by atoms with E-state index in [1.54, 1.807) is 6.20 Å². The van der Waals surface area contributed by atoms with Crippen LogP contribution in [-0.2, 0) is 4.79 Å². The number of piperidine rings is 1. The minimum atomic E-state index is 0.197. The lowest BCUT2D eigenvalue weighted by Crippen LogP contribution is -2.45. The first-order chi connectivity index (χ1) is 12.1. The number of rotatable bonds is 5. The molecule has 132 valence electrons. The summed E-state index contributed by atoms with van der Waals surface area (Å²) in [4.78, 5) is 18.8. The van der Waals surface area contributed by atoms with Gasteiger partial charge in [0, 0.05) is 31.0 Å². The molecule has 0 bridgehead atoms. The van der Waals surface area contributed by atoms with Crippen molar-refractivity contribution in [2.75, 3.05) is 24.2 Å². The lowest BCUT2D eigenvalue weighted by atomic mass is 10.0. The molecule has 2 aromatic rings. The Bertz CT molecular complexity index is 720. The highest BCUT2D eigenvalue weighted by molar-refractivity contribution is 7.99. The molecule has 1 fully saturated rings. The monoisotopic (exact) mass is 355 g/mol. The molecule has 1 aliphatic rings. The Hall–Kier alpha value is -2.01. The van der Waals surface area contributed by atoms with Gasteiger partial charge in [0.1, 0.15) is 0 Å². The minimum absolute atomic E-state index is 0.197. The van der Waals surface area contributed by atoms with Crippen molar-refractivity contribution in [2.24, 2.45) is 0 Å². The summed E-state index contributed by atoms with van der Waals surface area (Å²) < 4.78 is 0. The summed E-state index contributed by atoms with van der Waals surface area (Å²) in [5.74, 6) is 0.648. The number of anilines is 1. The van der Waals surface area contributed by atoms with E-state index in [4.69, 9.17) is 0 Å². The number of nitrogens with zero attached hydrogens (tertiary/aromatic N) is 2. The molecule has 1 saturated heterocycles. The quantitative estimate of drug-likeness (QED) is 0.827. The van der Waals surface area contributed by atoms with Gasteiger partial charge in [0.05, 0.1) is 10.8 Å². The van der Waals surface area contributed by atoms with E-state index < -0.39 is 0 Å². The van der Waals surface area contributed by atoms with E-state index in [1.165, 1.54) is 22.9 Å². The fourth-order valence-electron chi connectivity index (χ4n) is 3.05. The van der Waals surface area contributed by atoms with Crippen LogP contribution in [-0.4, -0.2) is 40.7 Å². The predicted molar refractivity (Wildman–Crippen MR) is 104 cm³/mol. The number of hydrogen-bond donors (Lipinski definition) is 1.